The van der Waals surface area contributed by atoms with Gasteiger partial charge in [0.05, 0.1) is 19.8 Å². The topological polar surface area (TPSA) is 66.5 Å². The van der Waals surface area contributed by atoms with Crippen LogP contribution in [0.1, 0.15) is 29.1 Å². The summed E-state index contributed by atoms with van der Waals surface area (Å²) < 4.78 is 21.6. The average Bonchev–Trinajstić information content (AvgIpc) is 3.14. The minimum Gasteiger partial charge on any atom is -0.497 e. The van der Waals surface area contributed by atoms with Crippen LogP contribution in [0.15, 0.2) is 42.5 Å². The van der Waals surface area contributed by atoms with Gasteiger partial charge >= 0.3 is 0 Å². The lowest BCUT2D eigenvalue weighted by molar-refractivity contribution is -0.320. The van der Waals surface area contributed by atoms with Crippen LogP contribution in [0, 0.1) is 0 Å². The van der Waals surface area contributed by atoms with Crippen LogP contribution in [0.2, 0.25) is 0 Å². The van der Waals surface area contributed by atoms with Gasteiger partial charge in [-0.15, -0.1) is 0 Å². The van der Waals surface area contributed by atoms with Crippen LogP contribution in [0.3, 0.4) is 0 Å². The Morgan fingerprint density at radius 2 is 1.88 bits per heavy atom. The first-order valence-corrected chi connectivity index (χ1v) is 8.32. The first-order chi connectivity index (χ1) is 12.6. The van der Waals surface area contributed by atoms with Crippen molar-refractivity contribution in [1.82, 2.24) is 5.06 Å². The van der Waals surface area contributed by atoms with E-state index in [-0.39, 0.29) is 18.8 Å². The fourth-order valence-corrected chi connectivity index (χ4v) is 2.88. The Kier molecular flexibility index (Phi) is 4.40. The summed E-state index contributed by atoms with van der Waals surface area (Å²) in [5.74, 6) is 1.68. The summed E-state index contributed by atoms with van der Waals surface area (Å²) in [5, 5.41) is 1.33. The molecule has 1 fully saturated rings. The summed E-state index contributed by atoms with van der Waals surface area (Å²) in [6.45, 7) is 2.40. The van der Waals surface area contributed by atoms with Gasteiger partial charge in [-0.2, -0.15) is 0 Å². The highest BCUT2D eigenvalue weighted by Crippen LogP contribution is 2.34. The summed E-state index contributed by atoms with van der Waals surface area (Å²) in [7, 11) is 1.61. The highest BCUT2D eigenvalue weighted by Gasteiger charge is 2.32. The zero-order valence-corrected chi connectivity index (χ0v) is 14.5. The van der Waals surface area contributed by atoms with Crippen molar-refractivity contribution in [2.45, 2.75) is 19.3 Å². The molecule has 0 saturated carbocycles. The fourth-order valence-electron chi connectivity index (χ4n) is 2.88. The number of amides is 1. The van der Waals surface area contributed by atoms with E-state index < -0.39 is 6.29 Å². The van der Waals surface area contributed by atoms with Gasteiger partial charge in [0.1, 0.15) is 5.75 Å². The van der Waals surface area contributed by atoms with Gasteiger partial charge < -0.3 is 18.9 Å². The van der Waals surface area contributed by atoms with E-state index in [1.807, 2.05) is 31.2 Å². The van der Waals surface area contributed by atoms with E-state index in [2.05, 4.69) is 0 Å². The monoisotopic (exact) mass is 357 g/mol. The number of methoxy groups -OCH3 is 1. The van der Waals surface area contributed by atoms with Gasteiger partial charge in [0.25, 0.3) is 5.91 Å². The number of fused-ring (bicyclic) bond motifs is 1. The highest BCUT2D eigenvalue weighted by atomic mass is 16.8. The lowest BCUT2D eigenvalue weighted by Crippen LogP contribution is -2.44. The number of nitrogens with zero attached hydrogens (tertiary/aromatic N) is 1. The van der Waals surface area contributed by atoms with E-state index in [0.717, 1.165) is 11.3 Å². The normalized spacial score (nSPS) is 21.5. The molecule has 2 atom stereocenters. The van der Waals surface area contributed by atoms with Crippen molar-refractivity contribution in [1.29, 1.82) is 0 Å². The molecule has 0 aromatic heterocycles. The molecule has 7 heteroatoms. The van der Waals surface area contributed by atoms with Crippen molar-refractivity contribution >= 4 is 5.91 Å². The molecule has 2 aliphatic rings. The second-order valence-corrected chi connectivity index (χ2v) is 6.09. The summed E-state index contributed by atoms with van der Waals surface area (Å²) in [6, 6.07) is 12.4. The zero-order chi connectivity index (χ0) is 18.1. The second kappa shape index (κ2) is 6.86. The first-order valence-electron chi connectivity index (χ1n) is 8.32. The number of benzene rings is 2. The number of hydroxylamine groups is 2. The Labute approximate surface area is 150 Å². The van der Waals surface area contributed by atoms with E-state index in [1.54, 1.807) is 25.3 Å². The summed E-state index contributed by atoms with van der Waals surface area (Å²) >= 11 is 0. The highest BCUT2D eigenvalue weighted by molar-refractivity contribution is 5.94. The SMILES string of the molecule is COc1ccc([C@@H]2O[C@@H](C)CN(C(=O)c3ccc4c(c3)OCO4)O2)cc1. The molecule has 7 nitrogen and oxygen atoms in total. The molecule has 1 saturated heterocycles. The molecule has 2 aliphatic heterocycles. The smallest absolute Gasteiger partial charge is 0.277 e. The summed E-state index contributed by atoms with van der Waals surface area (Å²) in [6.07, 6.45) is -0.837. The van der Waals surface area contributed by atoms with Crippen LogP contribution in [-0.4, -0.2) is 37.5 Å². The number of rotatable bonds is 3. The first kappa shape index (κ1) is 16.7. The van der Waals surface area contributed by atoms with Crippen molar-refractivity contribution in [3.8, 4) is 17.2 Å². The van der Waals surface area contributed by atoms with E-state index in [1.165, 1.54) is 5.06 Å². The molecule has 0 spiro atoms. The van der Waals surface area contributed by atoms with Gasteiger partial charge in [0.2, 0.25) is 13.1 Å². The van der Waals surface area contributed by atoms with E-state index in [4.69, 9.17) is 23.8 Å². The largest absolute Gasteiger partial charge is 0.497 e. The third-order valence-corrected chi connectivity index (χ3v) is 4.24. The van der Waals surface area contributed by atoms with Crippen LogP contribution < -0.4 is 14.2 Å². The second-order valence-electron chi connectivity index (χ2n) is 6.09. The molecule has 0 aliphatic carbocycles. The van der Waals surface area contributed by atoms with Gasteiger partial charge in [-0.3, -0.25) is 4.79 Å². The number of carbonyl (C=O) groups excluding carboxylic acids is 1. The summed E-state index contributed by atoms with van der Waals surface area (Å²) in [4.78, 5) is 18.7. The van der Waals surface area contributed by atoms with Gasteiger partial charge in [-0.1, -0.05) is 12.1 Å². The Morgan fingerprint density at radius 1 is 1.12 bits per heavy atom. The van der Waals surface area contributed by atoms with E-state index in [0.29, 0.717) is 23.6 Å². The molecule has 0 N–H and O–H groups in total. The van der Waals surface area contributed by atoms with Gasteiger partial charge in [0.15, 0.2) is 11.5 Å². The minimum absolute atomic E-state index is 0.164. The lowest BCUT2D eigenvalue weighted by Gasteiger charge is -2.36. The van der Waals surface area contributed by atoms with Crippen LogP contribution in [0.25, 0.3) is 0 Å². The molecule has 0 bridgehead atoms. The van der Waals surface area contributed by atoms with E-state index >= 15 is 0 Å². The minimum atomic E-state index is -0.664. The molecule has 2 aromatic rings. The predicted molar refractivity (Wildman–Crippen MR) is 91.0 cm³/mol. The molecular formula is C19H19NO6. The maximum absolute atomic E-state index is 12.9. The molecule has 4 rings (SSSR count). The van der Waals surface area contributed by atoms with Crippen LogP contribution in [0.5, 0.6) is 17.2 Å². The molecule has 2 heterocycles. The Morgan fingerprint density at radius 3 is 2.65 bits per heavy atom. The van der Waals surface area contributed by atoms with Crippen molar-refractivity contribution in [2.24, 2.45) is 0 Å². The molecule has 0 radical (unpaired) electrons. The van der Waals surface area contributed by atoms with Crippen molar-refractivity contribution in [2.75, 3.05) is 20.4 Å². The zero-order valence-electron chi connectivity index (χ0n) is 14.5. The molecule has 136 valence electrons. The van der Waals surface area contributed by atoms with E-state index in [9.17, 15) is 4.79 Å². The molecule has 2 aromatic carbocycles. The number of hydrogen-bond acceptors (Lipinski definition) is 6. The molecular weight excluding hydrogens is 338 g/mol. The fraction of sp³-hybridized carbons (Fsp3) is 0.316. The van der Waals surface area contributed by atoms with Gasteiger partial charge in [-0.05, 0) is 37.3 Å². The van der Waals surface area contributed by atoms with Crippen molar-refractivity contribution in [3.05, 3.63) is 53.6 Å². The van der Waals surface area contributed by atoms with Gasteiger partial charge in [0, 0.05) is 11.1 Å². The van der Waals surface area contributed by atoms with Crippen molar-refractivity contribution < 1.29 is 28.6 Å². The number of carbonyl (C=O) groups is 1. The van der Waals surface area contributed by atoms with Gasteiger partial charge in [-0.25, -0.2) is 9.90 Å². The van der Waals surface area contributed by atoms with Crippen LogP contribution in [0.4, 0.5) is 0 Å². The Balaban J connectivity index is 1.53. The maximum Gasteiger partial charge on any atom is 0.277 e. The number of hydrogen-bond donors (Lipinski definition) is 0. The van der Waals surface area contributed by atoms with Crippen molar-refractivity contribution in [3.63, 3.8) is 0 Å². The quantitative estimate of drug-likeness (QED) is 0.841. The summed E-state index contributed by atoms with van der Waals surface area (Å²) in [5.41, 5.74) is 1.28. The van der Waals surface area contributed by atoms with Crippen LogP contribution >= 0.6 is 0 Å². The van der Waals surface area contributed by atoms with Crippen LogP contribution in [-0.2, 0) is 9.57 Å². The molecule has 26 heavy (non-hydrogen) atoms. The number of ether oxygens (including phenoxy) is 4. The lowest BCUT2D eigenvalue weighted by atomic mass is 10.1. The molecule has 1 amide bonds. The standard InChI is InChI=1S/C19H19NO6/c1-12-10-20(18(21)14-5-8-16-17(9-14)24-11-23-16)26-19(25-12)13-3-6-15(22-2)7-4-13/h3-9,12,19H,10-11H2,1-2H3/t12-,19+/m0/s1. The third kappa shape index (κ3) is 3.18. The Bertz CT molecular complexity index is 806. The Hall–Kier alpha value is -2.77. The maximum atomic E-state index is 12.9. The average molecular weight is 357 g/mol. The predicted octanol–water partition coefficient (Wildman–Crippen LogP) is 2.92. The third-order valence-electron chi connectivity index (χ3n) is 4.24. The molecule has 0 unspecified atom stereocenters.